The zero-order chi connectivity index (χ0) is 16.2. The van der Waals surface area contributed by atoms with Crippen LogP contribution in [0.15, 0.2) is 16.7 Å². The van der Waals surface area contributed by atoms with Gasteiger partial charge in [0.25, 0.3) is 5.91 Å². The molecule has 1 saturated carbocycles. The lowest BCUT2D eigenvalue weighted by atomic mass is 9.96. The predicted molar refractivity (Wildman–Crippen MR) is 86.3 cm³/mol. The van der Waals surface area contributed by atoms with Gasteiger partial charge in [0.15, 0.2) is 5.76 Å². The first-order chi connectivity index (χ1) is 11.1. The molecular weight excluding hydrogens is 294 g/mol. The van der Waals surface area contributed by atoms with E-state index in [0.29, 0.717) is 38.0 Å². The lowest BCUT2D eigenvalue weighted by molar-refractivity contribution is 0.0630. The van der Waals surface area contributed by atoms with Crippen LogP contribution in [-0.4, -0.2) is 54.0 Å². The maximum absolute atomic E-state index is 12.4. The third-order valence-corrected chi connectivity index (χ3v) is 4.84. The van der Waals surface area contributed by atoms with E-state index in [1.807, 2.05) is 11.8 Å². The fourth-order valence-electron chi connectivity index (χ4n) is 3.36. The molecule has 1 aromatic rings. The number of amides is 3. The Hall–Kier alpha value is -1.98. The number of hydrogen-bond acceptors (Lipinski definition) is 3. The molecule has 3 amide bonds. The average Bonchev–Trinajstić information content (AvgIpc) is 3.01. The van der Waals surface area contributed by atoms with E-state index in [-0.39, 0.29) is 11.9 Å². The Bertz CT molecular complexity index is 555. The van der Waals surface area contributed by atoms with Gasteiger partial charge in [-0.25, -0.2) is 4.79 Å². The first kappa shape index (κ1) is 15.9. The molecule has 6 nitrogen and oxygen atoms in total. The summed E-state index contributed by atoms with van der Waals surface area (Å²) in [5.74, 6) is 0.324. The number of aryl methyl sites for hydroxylation is 1. The molecule has 0 atom stereocenters. The zero-order valence-corrected chi connectivity index (χ0v) is 13.7. The molecule has 1 N–H and O–H groups in total. The normalized spacial score (nSPS) is 19.7. The highest BCUT2D eigenvalue weighted by Crippen LogP contribution is 2.18. The van der Waals surface area contributed by atoms with Gasteiger partial charge < -0.3 is 19.5 Å². The molecule has 0 unspecified atom stereocenters. The van der Waals surface area contributed by atoms with Crippen LogP contribution in [0, 0.1) is 6.92 Å². The molecule has 1 aliphatic carbocycles. The van der Waals surface area contributed by atoms with E-state index in [9.17, 15) is 9.59 Å². The summed E-state index contributed by atoms with van der Waals surface area (Å²) in [6.07, 6.45) is 7.39. The van der Waals surface area contributed by atoms with Crippen molar-refractivity contribution in [2.45, 2.75) is 45.1 Å². The molecule has 0 bridgehead atoms. The van der Waals surface area contributed by atoms with Crippen molar-refractivity contribution in [2.75, 3.05) is 26.2 Å². The van der Waals surface area contributed by atoms with Crippen LogP contribution in [0.5, 0.6) is 0 Å². The first-order valence-electron chi connectivity index (χ1n) is 8.54. The highest BCUT2D eigenvalue weighted by Gasteiger charge is 2.28. The van der Waals surface area contributed by atoms with Crippen LogP contribution >= 0.6 is 0 Å². The number of carbonyl (C=O) groups is 2. The Labute approximate surface area is 136 Å². The van der Waals surface area contributed by atoms with Crippen molar-refractivity contribution in [3.05, 3.63) is 23.7 Å². The molecule has 0 aromatic carbocycles. The Morgan fingerprint density at radius 3 is 2.35 bits per heavy atom. The van der Waals surface area contributed by atoms with Gasteiger partial charge in [0.05, 0.1) is 6.26 Å². The van der Waals surface area contributed by atoms with E-state index in [4.69, 9.17) is 4.42 Å². The highest BCUT2D eigenvalue weighted by molar-refractivity contribution is 5.93. The number of piperazine rings is 1. The molecule has 126 valence electrons. The molecule has 0 radical (unpaired) electrons. The van der Waals surface area contributed by atoms with Crippen LogP contribution in [0.25, 0.3) is 0 Å². The Morgan fingerprint density at radius 1 is 1.09 bits per heavy atom. The number of furan rings is 1. The van der Waals surface area contributed by atoms with Crippen LogP contribution in [0.2, 0.25) is 0 Å². The third-order valence-electron chi connectivity index (χ3n) is 4.84. The molecule has 2 fully saturated rings. The number of urea groups is 1. The van der Waals surface area contributed by atoms with Gasteiger partial charge in [0, 0.05) is 37.8 Å². The van der Waals surface area contributed by atoms with Crippen molar-refractivity contribution < 1.29 is 14.0 Å². The molecular formula is C17H25N3O3. The molecule has 1 aliphatic heterocycles. The van der Waals surface area contributed by atoms with Gasteiger partial charge in [0.2, 0.25) is 0 Å². The van der Waals surface area contributed by atoms with Gasteiger partial charge >= 0.3 is 6.03 Å². The van der Waals surface area contributed by atoms with E-state index >= 15 is 0 Å². The predicted octanol–water partition coefficient (Wildman–Crippen LogP) is 2.39. The highest BCUT2D eigenvalue weighted by atomic mass is 16.3. The van der Waals surface area contributed by atoms with Crippen LogP contribution in [-0.2, 0) is 0 Å². The fraction of sp³-hybridized carbons (Fsp3) is 0.647. The van der Waals surface area contributed by atoms with Gasteiger partial charge in [-0.3, -0.25) is 4.79 Å². The van der Waals surface area contributed by atoms with Gasteiger partial charge in [-0.1, -0.05) is 19.3 Å². The molecule has 0 spiro atoms. The summed E-state index contributed by atoms with van der Waals surface area (Å²) >= 11 is 0. The number of carbonyl (C=O) groups excluding carboxylic acids is 2. The van der Waals surface area contributed by atoms with E-state index < -0.39 is 0 Å². The van der Waals surface area contributed by atoms with Crippen molar-refractivity contribution in [3.8, 4) is 0 Å². The van der Waals surface area contributed by atoms with E-state index in [0.717, 1.165) is 18.4 Å². The SMILES string of the molecule is Cc1ccoc1C(=O)N1CCN(C(=O)NC2CCCCC2)CC1. The van der Waals surface area contributed by atoms with Gasteiger partial charge in [-0.05, 0) is 25.8 Å². The summed E-state index contributed by atoms with van der Waals surface area (Å²) in [6.45, 7) is 4.12. The van der Waals surface area contributed by atoms with Crippen molar-refractivity contribution in [3.63, 3.8) is 0 Å². The maximum atomic E-state index is 12.4. The largest absolute Gasteiger partial charge is 0.459 e. The average molecular weight is 319 g/mol. The van der Waals surface area contributed by atoms with E-state index in [2.05, 4.69) is 5.32 Å². The smallest absolute Gasteiger partial charge is 0.317 e. The minimum atomic E-state index is -0.0835. The fourth-order valence-corrected chi connectivity index (χ4v) is 3.36. The molecule has 2 aliphatic rings. The summed E-state index contributed by atoms with van der Waals surface area (Å²) in [5, 5.41) is 3.13. The Morgan fingerprint density at radius 2 is 1.74 bits per heavy atom. The lowest BCUT2D eigenvalue weighted by Gasteiger charge is -2.35. The molecule has 6 heteroatoms. The summed E-state index contributed by atoms with van der Waals surface area (Å²) in [6, 6.07) is 2.13. The second-order valence-corrected chi connectivity index (χ2v) is 6.50. The van der Waals surface area contributed by atoms with Gasteiger partial charge in [-0.15, -0.1) is 0 Å². The monoisotopic (exact) mass is 319 g/mol. The van der Waals surface area contributed by atoms with Crippen LogP contribution in [0.3, 0.4) is 0 Å². The van der Waals surface area contributed by atoms with Crippen LogP contribution in [0.4, 0.5) is 4.79 Å². The molecule has 23 heavy (non-hydrogen) atoms. The van der Waals surface area contributed by atoms with Crippen LogP contribution in [0.1, 0.15) is 48.2 Å². The first-order valence-corrected chi connectivity index (χ1v) is 8.54. The van der Waals surface area contributed by atoms with Crippen molar-refractivity contribution in [1.29, 1.82) is 0 Å². The van der Waals surface area contributed by atoms with Crippen LogP contribution < -0.4 is 5.32 Å². The van der Waals surface area contributed by atoms with E-state index in [1.165, 1.54) is 25.5 Å². The molecule has 3 rings (SSSR count). The molecule has 2 heterocycles. The third kappa shape index (κ3) is 3.68. The zero-order valence-electron chi connectivity index (χ0n) is 13.7. The Kier molecular flexibility index (Phi) is 4.88. The lowest BCUT2D eigenvalue weighted by Crippen LogP contribution is -2.54. The maximum Gasteiger partial charge on any atom is 0.317 e. The van der Waals surface area contributed by atoms with Crippen molar-refractivity contribution in [2.24, 2.45) is 0 Å². The minimum absolute atomic E-state index is 0.0122. The summed E-state index contributed by atoms with van der Waals surface area (Å²) < 4.78 is 5.27. The number of nitrogens with zero attached hydrogens (tertiary/aromatic N) is 2. The Balaban J connectivity index is 1.49. The number of hydrogen-bond donors (Lipinski definition) is 1. The molecule has 1 saturated heterocycles. The molecule has 1 aromatic heterocycles. The summed E-state index contributed by atoms with van der Waals surface area (Å²) in [7, 11) is 0. The second kappa shape index (κ2) is 7.06. The second-order valence-electron chi connectivity index (χ2n) is 6.50. The minimum Gasteiger partial charge on any atom is -0.459 e. The summed E-state index contributed by atoms with van der Waals surface area (Å²) in [4.78, 5) is 28.3. The van der Waals surface area contributed by atoms with Crippen molar-refractivity contribution in [1.82, 2.24) is 15.1 Å². The topological polar surface area (TPSA) is 65.8 Å². The quantitative estimate of drug-likeness (QED) is 0.910. The van der Waals surface area contributed by atoms with E-state index in [1.54, 1.807) is 11.0 Å². The summed E-state index contributed by atoms with van der Waals surface area (Å²) in [5.41, 5.74) is 0.854. The van der Waals surface area contributed by atoms with Gasteiger partial charge in [0.1, 0.15) is 0 Å². The standard InChI is InChI=1S/C17H25N3O3/c1-13-7-12-23-15(13)16(21)19-8-10-20(11-9-19)17(22)18-14-5-3-2-4-6-14/h7,12,14H,2-6,8-11H2,1H3,(H,18,22). The van der Waals surface area contributed by atoms with Crippen molar-refractivity contribution >= 4 is 11.9 Å². The number of nitrogens with one attached hydrogen (secondary N) is 1. The number of rotatable bonds is 2. The van der Waals surface area contributed by atoms with Gasteiger partial charge in [-0.2, -0.15) is 0 Å².